The summed E-state index contributed by atoms with van der Waals surface area (Å²) >= 11 is 12.1. The minimum atomic E-state index is -4.02. The van der Waals surface area contributed by atoms with Crippen molar-refractivity contribution in [3.63, 3.8) is 0 Å². The third-order valence-corrected chi connectivity index (χ3v) is 6.61. The number of nitrogens with one attached hydrogen (secondary N) is 1. The fourth-order valence-electron chi connectivity index (χ4n) is 2.03. The van der Waals surface area contributed by atoms with Gasteiger partial charge in [0.2, 0.25) is 9.84 Å². The number of carbonyl (C=O) groups excluding carboxylic acids is 1. The van der Waals surface area contributed by atoms with E-state index in [1.807, 2.05) is 0 Å². The van der Waals surface area contributed by atoms with Crippen LogP contribution in [-0.4, -0.2) is 23.9 Å². The first kappa shape index (κ1) is 18.7. The quantitative estimate of drug-likeness (QED) is 0.672. The van der Waals surface area contributed by atoms with E-state index < -0.39 is 27.3 Å². The van der Waals surface area contributed by atoms with Crippen molar-refractivity contribution in [2.45, 2.75) is 9.10 Å². The van der Waals surface area contributed by atoms with Crippen molar-refractivity contribution < 1.29 is 17.6 Å². The van der Waals surface area contributed by atoms with Gasteiger partial charge in [0.15, 0.2) is 9.90 Å². The topological polar surface area (TPSA) is 89.0 Å². The molecule has 2 aromatic carbocycles. The molecular formula is C15H8Cl2FN3O3S2. The highest BCUT2D eigenvalue weighted by molar-refractivity contribution is 7.93. The molecule has 26 heavy (non-hydrogen) atoms. The van der Waals surface area contributed by atoms with E-state index >= 15 is 0 Å². The Bertz CT molecular complexity index is 1070. The Morgan fingerprint density at radius 3 is 2.42 bits per heavy atom. The second-order valence-corrected chi connectivity index (χ2v) is 8.75. The maximum absolute atomic E-state index is 13.4. The summed E-state index contributed by atoms with van der Waals surface area (Å²) in [5, 5.41) is 6.39. The number of nitrogens with zero attached hydrogens (tertiary/aromatic N) is 2. The zero-order valence-electron chi connectivity index (χ0n) is 12.6. The Balaban J connectivity index is 1.95. The zero-order chi connectivity index (χ0) is 18.9. The number of anilines is 1. The van der Waals surface area contributed by atoms with Crippen molar-refractivity contribution in [2.75, 3.05) is 5.32 Å². The van der Waals surface area contributed by atoms with Gasteiger partial charge >= 0.3 is 0 Å². The van der Waals surface area contributed by atoms with Crippen LogP contribution in [0.4, 0.5) is 10.1 Å². The molecule has 1 N–H and O–H groups in total. The van der Waals surface area contributed by atoms with Gasteiger partial charge in [-0.05, 0) is 42.5 Å². The fraction of sp³-hybridized carbons (Fsp3) is 0. The zero-order valence-corrected chi connectivity index (χ0v) is 15.8. The molecule has 134 valence electrons. The third kappa shape index (κ3) is 3.85. The van der Waals surface area contributed by atoms with Gasteiger partial charge in [0.1, 0.15) is 5.82 Å². The molecule has 1 heterocycles. The van der Waals surface area contributed by atoms with Crippen molar-refractivity contribution >= 4 is 56.2 Å². The van der Waals surface area contributed by atoms with Gasteiger partial charge in [-0.2, -0.15) is 0 Å². The second kappa shape index (κ2) is 7.28. The molecule has 3 rings (SSSR count). The summed E-state index contributed by atoms with van der Waals surface area (Å²) in [6, 6.07) is 8.87. The number of benzene rings is 2. The van der Waals surface area contributed by atoms with Crippen LogP contribution in [0.3, 0.4) is 0 Å². The van der Waals surface area contributed by atoms with Gasteiger partial charge in [-0.25, -0.2) is 12.8 Å². The molecule has 1 amide bonds. The van der Waals surface area contributed by atoms with Crippen LogP contribution in [0.1, 0.15) is 10.5 Å². The maximum Gasteiger partial charge on any atom is 0.278 e. The lowest BCUT2D eigenvalue weighted by Crippen LogP contribution is -2.16. The second-order valence-electron chi connectivity index (χ2n) is 4.98. The van der Waals surface area contributed by atoms with Gasteiger partial charge < -0.3 is 5.32 Å². The standard InChI is InChI=1S/C15H8Cl2FN3O3S2/c16-8-1-3-12(4-2-8)26(23,24)15-13(20-21-25-15)14(22)19-11-6-9(17)5-10(18)7-11/h1-7H,(H,19,22). The van der Waals surface area contributed by atoms with Gasteiger partial charge in [-0.15, -0.1) is 5.10 Å². The summed E-state index contributed by atoms with van der Waals surface area (Å²) in [5.41, 5.74) is -0.340. The lowest BCUT2D eigenvalue weighted by Gasteiger charge is -2.06. The number of hydrogen-bond donors (Lipinski definition) is 1. The Kier molecular flexibility index (Phi) is 5.24. The largest absolute Gasteiger partial charge is 0.320 e. The minimum Gasteiger partial charge on any atom is -0.320 e. The molecule has 6 nitrogen and oxygen atoms in total. The van der Waals surface area contributed by atoms with E-state index in [2.05, 4.69) is 14.9 Å². The summed E-state index contributed by atoms with van der Waals surface area (Å²) in [6.07, 6.45) is 0. The summed E-state index contributed by atoms with van der Waals surface area (Å²) in [7, 11) is -4.02. The predicted octanol–water partition coefficient (Wildman–Crippen LogP) is 4.07. The molecule has 1 aromatic heterocycles. The average molecular weight is 432 g/mol. The molecule has 0 saturated heterocycles. The number of halogens is 3. The number of amides is 1. The number of carbonyl (C=O) groups is 1. The van der Waals surface area contributed by atoms with E-state index in [0.717, 1.165) is 12.1 Å². The summed E-state index contributed by atoms with van der Waals surface area (Å²) < 4.78 is 42.0. The van der Waals surface area contributed by atoms with E-state index in [0.29, 0.717) is 16.6 Å². The highest BCUT2D eigenvalue weighted by atomic mass is 35.5. The van der Waals surface area contributed by atoms with Crippen LogP contribution in [0.15, 0.2) is 51.6 Å². The van der Waals surface area contributed by atoms with E-state index in [1.165, 1.54) is 30.3 Å². The van der Waals surface area contributed by atoms with Gasteiger partial charge in [0, 0.05) is 27.3 Å². The Labute approximate surface area is 161 Å². The minimum absolute atomic E-state index is 0.0582. The van der Waals surface area contributed by atoms with Crippen LogP contribution in [0.5, 0.6) is 0 Å². The molecular weight excluding hydrogens is 424 g/mol. The molecule has 0 aliphatic heterocycles. The van der Waals surface area contributed by atoms with Crippen molar-refractivity contribution in [3.8, 4) is 0 Å². The van der Waals surface area contributed by atoms with Crippen LogP contribution in [0.2, 0.25) is 10.0 Å². The first-order chi connectivity index (χ1) is 12.3. The molecule has 3 aromatic rings. The Hall–Kier alpha value is -2.07. The summed E-state index contributed by atoms with van der Waals surface area (Å²) in [5.74, 6) is -1.51. The van der Waals surface area contributed by atoms with E-state index in [1.54, 1.807) is 0 Å². The van der Waals surface area contributed by atoms with Crippen LogP contribution in [0.25, 0.3) is 0 Å². The number of sulfone groups is 1. The lowest BCUT2D eigenvalue weighted by molar-refractivity contribution is 0.101. The van der Waals surface area contributed by atoms with Crippen molar-refractivity contribution in [3.05, 3.63) is 64.0 Å². The van der Waals surface area contributed by atoms with Crippen LogP contribution >= 0.6 is 34.7 Å². The smallest absolute Gasteiger partial charge is 0.278 e. The number of hydrogen-bond acceptors (Lipinski definition) is 6. The molecule has 0 unspecified atom stereocenters. The predicted molar refractivity (Wildman–Crippen MR) is 96.2 cm³/mol. The Morgan fingerprint density at radius 2 is 1.77 bits per heavy atom. The van der Waals surface area contributed by atoms with Gasteiger partial charge in [-0.1, -0.05) is 27.7 Å². The molecule has 11 heteroatoms. The Morgan fingerprint density at radius 1 is 1.08 bits per heavy atom. The highest BCUT2D eigenvalue weighted by Crippen LogP contribution is 2.28. The van der Waals surface area contributed by atoms with Gasteiger partial charge in [0.25, 0.3) is 5.91 Å². The van der Waals surface area contributed by atoms with E-state index in [4.69, 9.17) is 23.2 Å². The fourth-order valence-corrected chi connectivity index (χ4v) is 4.68. The van der Waals surface area contributed by atoms with Crippen LogP contribution in [0, 0.1) is 5.82 Å². The summed E-state index contributed by atoms with van der Waals surface area (Å²) in [4.78, 5) is 12.3. The summed E-state index contributed by atoms with van der Waals surface area (Å²) in [6.45, 7) is 0. The molecule has 0 spiro atoms. The number of rotatable bonds is 4. The maximum atomic E-state index is 13.4. The first-order valence-corrected chi connectivity index (χ1v) is 9.89. The van der Waals surface area contributed by atoms with Crippen molar-refractivity contribution in [1.29, 1.82) is 0 Å². The average Bonchev–Trinajstić information content (AvgIpc) is 3.05. The molecule has 0 atom stereocenters. The van der Waals surface area contributed by atoms with E-state index in [9.17, 15) is 17.6 Å². The third-order valence-electron chi connectivity index (χ3n) is 3.16. The normalized spacial score (nSPS) is 11.3. The SMILES string of the molecule is O=C(Nc1cc(F)cc(Cl)c1)c1nnsc1S(=O)(=O)c1ccc(Cl)cc1. The lowest BCUT2D eigenvalue weighted by atomic mass is 10.3. The molecule has 0 bridgehead atoms. The molecule has 0 aliphatic carbocycles. The molecule has 0 fully saturated rings. The molecule has 0 aliphatic rings. The molecule has 0 radical (unpaired) electrons. The van der Waals surface area contributed by atoms with Gasteiger partial charge in [-0.3, -0.25) is 4.79 Å². The van der Waals surface area contributed by atoms with Crippen molar-refractivity contribution in [2.24, 2.45) is 0 Å². The monoisotopic (exact) mass is 431 g/mol. The van der Waals surface area contributed by atoms with Crippen LogP contribution in [-0.2, 0) is 9.84 Å². The van der Waals surface area contributed by atoms with E-state index in [-0.39, 0.29) is 19.8 Å². The van der Waals surface area contributed by atoms with Gasteiger partial charge in [0.05, 0.1) is 4.90 Å². The first-order valence-electron chi connectivity index (χ1n) is 6.88. The number of aromatic nitrogens is 2. The van der Waals surface area contributed by atoms with Crippen LogP contribution < -0.4 is 5.32 Å². The molecule has 0 saturated carbocycles. The highest BCUT2D eigenvalue weighted by Gasteiger charge is 2.29. The van der Waals surface area contributed by atoms with Crippen molar-refractivity contribution in [1.82, 2.24) is 9.59 Å².